The van der Waals surface area contributed by atoms with Crippen LogP contribution in [0.1, 0.15) is 24.8 Å². The highest BCUT2D eigenvalue weighted by Gasteiger charge is 2.34. The Kier molecular flexibility index (Phi) is 2.87. The van der Waals surface area contributed by atoms with Crippen molar-refractivity contribution in [1.29, 1.82) is 0 Å². The van der Waals surface area contributed by atoms with E-state index in [2.05, 4.69) is 4.98 Å². The van der Waals surface area contributed by atoms with Crippen LogP contribution < -0.4 is 4.74 Å². The van der Waals surface area contributed by atoms with Gasteiger partial charge < -0.3 is 19.0 Å². The number of fused-ring (bicyclic) bond motifs is 1. The molecule has 2 unspecified atom stereocenters. The van der Waals surface area contributed by atoms with Gasteiger partial charge in [0, 0.05) is 6.07 Å². The van der Waals surface area contributed by atoms with E-state index < -0.39 is 12.1 Å². The van der Waals surface area contributed by atoms with Gasteiger partial charge >= 0.3 is 5.97 Å². The van der Waals surface area contributed by atoms with Gasteiger partial charge in [0.15, 0.2) is 11.7 Å². The molecular formula is C13H13NO5. The molecule has 1 N–H and O–H groups in total. The number of oxazole rings is 1. The molecule has 6 heteroatoms. The number of hydrogen-bond donors (Lipinski definition) is 1. The van der Waals surface area contributed by atoms with Crippen LogP contribution >= 0.6 is 0 Å². The van der Waals surface area contributed by atoms with Crippen molar-refractivity contribution in [2.75, 3.05) is 7.11 Å². The lowest BCUT2D eigenvalue weighted by Gasteiger charge is -2.06. The number of nitrogens with zero attached hydrogens (tertiary/aromatic N) is 1. The highest BCUT2D eigenvalue weighted by atomic mass is 16.5. The number of carbonyl (C=O) groups is 1. The molecule has 0 aliphatic carbocycles. The van der Waals surface area contributed by atoms with Gasteiger partial charge in [-0.1, -0.05) is 0 Å². The predicted molar refractivity (Wildman–Crippen MR) is 65.0 cm³/mol. The fourth-order valence-corrected chi connectivity index (χ4v) is 2.19. The summed E-state index contributed by atoms with van der Waals surface area (Å²) in [4.78, 5) is 15.2. The van der Waals surface area contributed by atoms with Gasteiger partial charge in [-0.05, 0) is 25.0 Å². The number of aliphatic carboxylic acids is 1. The fourth-order valence-electron chi connectivity index (χ4n) is 2.19. The maximum atomic E-state index is 10.8. The van der Waals surface area contributed by atoms with E-state index in [1.54, 1.807) is 25.3 Å². The Morgan fingerprint density at radius 2 is 2.32 bits per heavy atom. The zero-order chi connectivity index (χ0) is 13.4. The summed E-state index contributed by atoms with van der Waals surface area (Å²) >= 11 is 0. The first-order valence-electron chi connectivity index (χ1n) is 6.00. The van der Waals surface area contributed by atoms with Crippen molar-refractivity contribution in [3.8, 4) is 5.75 Å². The SMILES string of the molecule is COc1ccc2nc(C3CCC(C(=O)O)O3)oc2c1. The molecule has 0 radical (unpaired) electrons. The van der Waals surface area contributed by atoms with Crippen LogP contribution in [0.3, 0.4) is 0 Å². The van der Waals surface area contributed by atoms with E-state index in [9.17, 15) is 4.79 Å². The topological polar surface area (TPSA) is 81.8 Å². The smallest absolute Gasteiger partial charge is 0.332 e. The molecule has 2 heterocycles. The normalized spacial score (nSPS) is 22.8. The first-order valence-corrected chi connectivity index (χ1v) is 6.00. The molecule has 1 aliphatic rings. The summed E-state index contributed by atoms with van der Waals surface area (Å²) in [5, 5.41) is 8.89. The molecule has 1 fully saturated rings. The van der Waals surface area contributed by atoms with Gasteiger partial charge in [0.2, 0.25) is 5.89 Å². The van der Waals surface area contributed by atoms with Crippen LogP contribution in [-0.2, 0) is 9.53 Å². The fraction of sp³-hybridized carbons (Fsp3) is 0.385. The Morgan fingerprint density at radius 3 is 3.00 bits per heavy atom. The van der Waals surface area contributed by atoms with Crippen LogP contribution in [0.15, 0.2) is 22.6 Å². The van der Waals surface area contributed by atoms with Crippen LogP contribution in [0.25, 0.3) is 11.1 Å². The quantitative estimate of drug-likeness (QED) is 0.913. The number of rotatable bonds is 3. The molecule has 2 atom stereocenters. The molecule has 19 heavy (non-hydrogen) atoms. The largest absolute Gasteiger partial charge is 0.497 e. The summed E-state index contributed by atoms with van der Waals surface area (Å²) in [5.41, 5.74) is 1.31. The van der Waals surface area contributed by atoms with E-state index in [0.717, 1.165) is 0 Å². The number of carboxylic acids is 1. The summed E-state index contributed by atoms with van der Waals surface area (Å²) < 4.78 is 16.1. The lowest BCUT2D eigenvalue weighted by molar-refractivity contribution is -0.149. The number of benzene rings is 1. The summed E-state index contributed by atoms with van der Waals surface area (Å²) in [7, 11) is 1.58. The lowest BCUT2D eigenvalue weighted by atomic mass is 10.2. The average molecular weight is 263 g/mol. The molecule has 2 aromatic rings. The van der Waals surface area contributed by atoms with Gasteiger partial charge in [0.05, 0.1) is 7.11 Å². The molecule has 0 saturated carbocycles. The Labute approximate surface area is 108 Å². The molecule has 1 saturated heterocycles. The minimum absolute atomic E-state index is 0.389. The van der Waals surface area contributed by atoms with Crippen LogP contribution in [0, 0.1) is 0 Å². The molecule has 1 aromatic heterocycles. The number of ether oxygens (including phenoxy) is 2. The van der Waals surface area contributed by atoms with Gasteiger partial charge in [-0.3, -0.25) is 0 Å². The number of aromatic nitrogens is 1. The molecule has 6 nitrogen and oxygen atoms in total. The third-order valence-corrected chi connectivity index (χ3v) is 3.18. The third-order valence-electron chi connectivity index (χ3n) is 3.18. The number of methoxy groups -OCH3 is 1. The van der Waals surface area contributed by atoms with Gasteiger partial charge in [0.1, 0.15) is 17.4 Å². The van der Waals surface area contributed by atoms with E-state index in [1.165, 1.54) is 0 Å². The molecule has 0 amide bonds. The maximum Gasteiger partial charge on any atom is 0.332 e. The predicted octanol–water partition coefficient (Wildman–Crippen LogP) is 2.14. The van der Waals surface area contributed by atoms with E-state index in [4.69, 9.17) is 19.0 Å². The van der Waals surface area contributed by atoms with Crippen molar-refractivity contribution < 1.29 is 23.8 Å². The molecule has 0 spiro atoms. The second kappa shape index (κ2) is 4.55. The minimum atomic E-state index is -0.944. The first-order chi connectivity index (χ1) is 9.17. The highest BCUT2D eigenvalue weighted by molar-refractivity contribution is 5.74. The number of hydrogen-bond acceptors (Lipinski definition) is 5. The summed E-state index contributed by atoms with van der Waals surface area (Å²) in [6, 6.07) is 5.34. The summed E-state index contributed by atoms with van der Waals surface area (Å²) in [5.74, 6) is 0.165. The second-order valence-electron chi connectivity index (χ2n) is 4.41. The summed E-state index contributed by atoms with van der Waals surface area (Å²) in [6.45, 7) is 0. The molecule has 1 aromatic carbocycles. The zero-order valence-corrected chi connectivity index (χ0v) is 10.3. The second-order valence-corrected chi connectivity index (χ2v) is 4.41. The number of carboxylic acid groups (broad SMARTS) is 1. The summed E-state index contributed by atoms with van der Waals surface area (Å²) in [6.07, 6.45) is -0.0859. The van der Waals surface area contributed by atoms with Gasteiger partial charge in [-0.2, -0.15) is 0 Å². The molecule has 100 valence electrons. The van der Waals surface area contributed by atoms with Crippen molar-refractivity contribution >= 4 is 17.1 Å². The zero-order valence-electron chi connectivity index (χ0n) is 10.3. The van der Waals surface area contributed by atoms with E-state index in [0.29, 0.717) is 35.6 Å². The van der Waals surface area contributed by atoms with Crippen LogP contribution in [-0.4, -0.2) is 29.3 Å². The monoisotopic (exact) mass is 263 g/mol. The van der Waals surface area contributed by atoms with Crippen LogP contribution in [0.2, 0.25) is 0 Å². The minimum Gasteiger partial charge on any atom is -0.497 e. The Bertz CT molecular complexity index is 621. The first kappa shape index (κ1) is 12.0. The highest BCUT2D eigenvalue weighted by Crippen LogP contribution is 2.34. The van der Waals surface area contributed by atoms with Gasteiger partial charge in [0.25, 0.3) is 0 Å². The van der Waals surface area contributed by atoms with Crippen LogP contribution in [0.4, 0.5) is 0 Å². The van der Waals surface area contributed by atoms with Crippen molar-refractivity contribution in [3.63, 3.8) is 0 Å². The Balaban J connectivity index is 1.88. The Morgan fingerprint density at radius 1 is 1.47 bits per heavy atom. The third kappa shape index (κ3) is 2.15. The standard InChI is InChI=1S/C13H13NO5/c1-17-7-2-3-8-11(6-7)19-12(14-8)9-4-5-10(18-9)13(15)16/h2-3,6,9-10H,4-5H2,1H3,(H,15,16). The van der Waals surface area contributed by atoms with Gasteiger partial charge in [-0.15, -0.1) is 0 Å². The van der Waals surface area contributed by atoms with Crippen LogP contribution in [0.5, 0.6) is 5.75 Å². The van der Waals surface area contributed by atoms with Crippen molar-refractivity contribution in [2.24, 2.45) is 0 Å². The molecule has 0 bridgehead atoms. The maximum absolute atomic E-state index is 10.8. The van der Waals surface area contributed by atoms with E-state index in [1.807, 2.05) is 0 Å². The van der Waals surface area contributed by atoms with E-state index in [-0.39, 0.29) is 6.10 Å². The van der Waals surface area contributed by atoms with Crippen molar-refractivity contribution in [3.05, 3.63) is 24.1 Å². The van der Waals surface area contributed by atoms with Gasteiger partial charge in [-0.25, -0.2) is 9.78 Å². The molecule has 1 aliphatic heterocycles. The molecule has 3 rings (SSSR count). The average Bonchev–Trinajstić information content (AvgIpc) is 3.04. The Hall–Kier alpha value is -2.08. The molecular weight excluding hydrogens is 250 g/mol. The van der Waals surface area contributed by atoms with Crippen molar-refractivity contribution in [2.45, 2.75) is 25.0 Å². The van der Waals surface area contributed by atoms with Crippen molar-refractivity contribution in [1.82, 2.24) is 4.98 Å². The lowest BCUT2D eigenvalue weighted by Crippen LogP contribution is -2.18. The van der Waals surface area contributed by atoms with E-state index >= 15 is 0 Å².